The number of aliphatic carboxylic acids is 1. The number of nitrogens with zero attached hydrogens (tertiary/aromatic N) is 1. The van der Waals surface area contributed by atoms with E-state index in [4.69, 9.17) is 26.8 Å². The molecule has 2 N–H and O–H groups in total. The standard InChI is InChI=1S/C17H16N2O6S/c1-3-6-19-16(23)11(15(22)18-17(19)26)7-10-4-5-12(13(8-10)24-2)25-9-14(20)21/h3-5,7-8H,1,6,9H2,2H3,(H,20,21)(H,18,22,26)/b11-7+. The van der Waals surface area contributed by atoms with Gasteiger partial charge in [0, 0.05) is 6.54 Å². The van der Waals surface area contributed by atoms with Gasteiger partial charge in [0.15, 0.2) is 23.2 Å². The number of hydrogen-bond acceptors (Lipinski definition) is 6. The van der Waals surface area contributed by atoms with Gasteiger partial charge in [0.2, 0.25) is 0 Å². The largest absolute Gasteiger partial charge is 0.493 e. The van der Waals surface area contributed by atoms with Crippen LogP contribution in [0.1, 0.15) is 5.56 Å². The Morgan fingerprint density at radius 2 is 2.12 bits per heavy atom. The van der Waals surface area contributed by atoms with E-state index in [9.17, 15) is 14.4 Å². The third-order valence-electron chi connectivity index (χ3n) is 3.35. The monoisotopic (exact) mass is 376 g/mol. The summed E-state index contributed by atoms with van der Waals surface area (Å²) in [5.41, 5.74) is 0.399. The van der Waals surface area contributed by atoms with Crippen molar-refractivity contribution < 1.29 is 29.0 Å². The molecule has 0 atom stereocenters. The zero-order chi connectivity index (χ0) is 19.3. The average molecular weight is 376 g/mol. The molecular formula is C17H16N2O6S. The lowest BCUT2D eigenvalue weighted by atomic mass is 10.1. The van der Waals surface area contributed by atoms with Crippen molar-refractivity contribution in [2.75, 3.05) is 20.3 Å². The fourth-order valence-corrected chi connectivity index (χ4v) is 2.44. The van der Waals surface area contributed by atoms with Crippen LogP contribution in [0.25, 0.3) is 6.08 Å². The molecule has 0 unspecified atom stereocenters. The fraction of sp³-hybridized carbons (Fsp3) is 0.176. The van der Waals surface area contributed by atoms with Gasteiger partial charge in [-0.05, 0) is 36.0 Å². The lowest BCUT2D eigenvalue weighted by Crippen LogP contribution is -2.53. The lowest BCUT2D eigenvalue weighted by Gasteiger charge is -2.27. The van der Waals surface area contributed by atoms with Gasteiger partial charge in [-0.2, -0.15) is 0 Å². The molecule has 0 bridgehead atoms. The normalized spacial score (nSPS) is 15.7. The van der Waals surface area contributed by atoms with E-state index < -0.39 is 24.4 Å². The Labute approximate surface area is 154 Å². The van der Waals surface area contributed by atoms with Crippen LogP contribution < -0.4 is 14.8 Å². The van der Waals surface area contributed by atoms with Crippen LogP contribution >= 0.6 is 12.2 Å². The molecule has 1 aliphatic heterocycles. The zero-order valence-electron chi connectivity index (χ0n) is 13.9. The van der Waals surface area contributed by atoms with Crippen LogP contribution in [0.2, 0.25) is 0 Å². The molecule has 0 aromatic heterocycles. The maximum absolute atomic E-state index is 12.5. The van der Waals surface area contributed by atoms with Crippen LogP contribution in [-0.4, -0.2) is 53.2 Å². The molecule has 1 aromatic rings. The molecule has 0 saturated carbocycles. The third kappa shape index (κ3) is 4.25. The van der Waals surface area contributed by atoms with Crippen molar-refractivity contribution in [2.24, 2.45) is 0 Å². The van der Waals surface area contributed by atoms with E-state index in [0.29, 0.717) is 5.56 Å². The van der Waals surface area contributed by atoms with E-state index in [0.717, 1.165) is 0 Å². The molecule has 9 heteroatoms. The first-order valence-corrected chi connectivity index (χ1v) is 7.80. The Kier molecular flexibility index (Phi) is 6.07. The zero-order valence-corrected chi connectivity index (χ0v) is 14.7. The van der Waals surface area contributed by atoms with Gasteiger partial charge in [-0.3, -0.25) is 19.8 Å². The minimum absolute atomic E-state index is 0.0204. The molecule has 1 saturated heterocycles. The summed E-state index contributed by atoms with van der Waals surface area (Å²) >= 11 is 4.98. The Morgan fingerprint density at radius 3 is 2.73 bits per heavy atom. The predicted octanol–water partition coefficient (Wildman–Crippen LogP) is 0.971. The number of carbonyl (C=O) groups is 3. The number of carboxylic acids is 1. The highest BCUT2D eigenvalue weighted by atomic mass is 32.1. The molecule has 0 aliphatic carbocycles. The third-order valence-corrected chi connectivity index (χ3v) is 3.67. The van der Waals surface area contributed by atoms with Gasteiger partial charge in [-0.15, -0.1) is 6.58 Å². The number of benzene rings is 1. The SMILES string of the molecule is C=CCN1C(=O)/C(=C/c2ccc(OCC(=O)O)c(OC)c2)C(=O)NC1=S. The highest BCUT2D eigenvalue weighted by Crippen LogP contribution is 2.29. The minimum atomic E-state index is -1.12. The Morgan fingerprint density at radius 1 is 1.38 bits per heavy atom. The van der Waals surface area contributed by atoms with Gasteiger partial charge in [0.25, 0.3) is 11.8 Å². The van der Waals surface area contributed by atoms with Crippen molar-refractivity contribution in [3.8, 4) is 11.5 Å². The van der Waals surface area contributed by atoms with Crippen molar-refractivity contribution in [2.45, 2.75) is 0 Å². The van der Waals surface area contributed by atoms with Crippen molar-refractivity contribution in [3.05, 3.63) is 42.0 Å². The molecule has 2 amide bonds. The first-order chi connectivity index (χ1) is 12.4. The fourth-order valence-electron chi connectivity index (χ4n) is 2.19. The molecule has 1 fully saturated rings. The van der Waals surface area contributed by atoms with Crippen molar-refractivity contribution in [1.29, 1.82) is 0 Å². The predicted molar refractivity (Wildman–Crippen MR) is 96.8 cm³/mol. The summed E-state index contributed by atoms with van der Waals surface area (Å²) in [5, 5.41) is 11.1. The lowest BCUT2D eigenvalue weighted by molar-refractivity contribution is -0.139. The molecule has 1 heterocycles. The molecule has 8 nitrogen and oxygen atoms in total. The number of hydrogen-bond donors (Lipinski definition) is 2. The molecular weight excluding hydrogens is 360 g/mol. The summed E-state index contributed by atoms with van der Waals surface area (Å²) in [6.07, 6.45) is 2.88. The number of amides is 2. The van der Waals surface area contributed by atoms with Crippen LogP contribution in [0.3, 0.4) is 0 Å². The maximum atomic E-state index is 12.5. The second kappa shape index (κ2) is 8.26. The quantitative estimate of drug-likeness (QED) is 0.316. The van der Waals surface area contributed by atoms with Crippen LogP contribution in [-0.2, 0) is 14.4 Å². The van der Waals surface area contributed by atoms with E-state index in [1.807, 2.05) is 0 Å². The first-order valence-electron chi connectivity index (χ1n) is 7.39. The van der Waals surface area contributed by atoms with Gasteiger partial charge in [-0.1, -0.05) is 12.1 Å². The first kappa shape index (κ1) is 19.1. The van der Waals surface area contributed by atoms with E-state index in [1.54, 1.807) is 6.07 Å². The second-order valence-corrected chi connectivity index (χ2v) is 5.50. The second-order valence-electron chi connectivity index (χ2n) is 5.11. The number of nitrogens with one attached hydrogen (secondary N) is 1. The van der Waals surface area contributed by atoms with E-state index in [-0.39, 0.29) is 28.7 Å². The highest BCUT2D eigenvalue weighted by molar-refractivity contribution is 7.80. The number of carboxylic acid groups (broad SMARTS) is 1. The minimum Gasteiger partial charge on any atom is -0.493 e. The van der Waals surface area contributed by atoms with E-state index >= 15 is 0 Å². The number of rotatable bonds is 7. The smallest absolute Gasteiger partial charge is 0.341 e. The molecule has 136 valence electrons. The Balaban J connectivity index is 2.33. The topological polar surface area (TPSA) is 105 Å². The summed E-state index contributed by atoms with van der Waals surface area (Å²) in [7, 11) is 1.39. The maximum Gasteiger partial charge on any atom is 0.341 e. The van der Waals surface area contributed by atoms with Crippen molar-refractivity contribution >= 4 is 41.2 Å². The summed E-state index contributed by atoms with van der Waals surface area (Å²) in [5.74, 6) is -1.77. The van der Waals surface area contributed by atoms with Crippen LogP contribution in [0.5, 0.6) is 11.5 Å². The summed E-state index contributed by atoms with van der Waals surface area (Å²) < 4.78 is 10.3. The van der Waals surface area contributed by atoms with Crippen molar-refractivity contribution in [3.63, 3.8) is 0 Å². The number of methoxy groups -OCH3 is 1. The number of carbonyl (C=O) groups excluding carboxylic acids is 2. The van der Waals surface area contributed by atoms with Crippen molar-refractivity contribution in [1.82, 2.24) is 10.2 Å². The highest BCUT2D eigenvalue weighted by Gasteiger charge is 2.32. The molecule has 0 spiro atoms. The van der Waals surface area contributed by atoms with Gasteiger partial charge in [-0.25, -0.2) is 4.79 Å². The summed E-state index contributed by atoms with van der Waals surface area (Å²) in [6.45, 7) is 3.20. The Bertz CT molecular complexity index is 817. The molecule has 0 radical (unpaired) electrons. The van der Waals surface area contributed by atoms with Gasteiger partial charge in [0.1, 0.15) is 5.57 Å². The van der Waals surface area contributed by atoms with Gasteiger partial charge >= 0.3 is 5.97 Å². The average Bonchev–Trinajstić information content (AvgIpc) is 2.60. The molecule has 1 aliphatic rings. The van der Waals surface area contributed by atoms with E-state index in [1.165, 1.54) is 36.3 Å². The molecule has 1 aromatic carbocycles. The van der Waals surface area contributed by atoms with E-state index in [2.05, 4.69) is 11.9 Å². The summed E-state index contributed by atoms with van der Waals surface area (Å²) in [4.78, 5) is 36.4. The summed E-state index contributed by atoms with van der Waals surface area (Å²) in [6, 6.07) is 4.58. The number of ether oxygens (including phenoxy) is 2. The van der Waals surface area contributed by atoms with Gasteiger partial charge in [0.05, 0.1) is 7.11 Å². The molecule has 26 heavy (non-hydrogen) atoms. The Hall–Kier alpha value is -3.20. The van der Waals surface area contributed by atoms with Crippen LogP contribution in [0, 0.1) is 0 Å². The number of thiocarbonyl (C=S) groups is 1. The van der Waals surface area contributed by atoms with Crippen LogP contribution in [0.4, 0.5) is 0 Å². The van der Waals surface area contributed by atoms with Crippen LogP contribution in [0.15, 0.2) is 36.4 Å². The van der Waals surface area contributed by atoms with Gasteiger partial charge < -0.3 is 14.6 Å². The molecule has 2 rings (SSSR count).